The van der Waals surface area contributed by atoms with E-state index in [4.69, 9.17) is 14.2 Å². The van der Waals surface area contributed by atoms with Gasteiger partial charge >= 0.3 is 6.09 Å². The summed E-state index contributed by atoms with van der Waals surface area (Å²) in [5.74, 6) is 0. The Hall–Kier alpha value is -0.930. The first-order chi connectivity index (χ1) is 12.7. The number of carbonyl (C=O) groups excluding carboxylic acids is 1. The summed E-state index contributed by atoms with van der Waals surface area (Å²) in [4.78, 5) is 18.0. The number of methoxy groups -OCH3 is 2. The highest BCUT2D eigenvalue weighted by Gasteiger charge is 2.35. The van der Waals surface area contributed by atoms with Gasteiger partial charge in [0.25, 0.3) is 0 Å². The zero-order chi connectivity index (χ0) is 20.4. The molecule has 0 unspecified atom stereocenters. The number of likely N-dealkylation sites (N-methyl/N-ethyl adjacent to an activating group) is 2. The van der Waals surface area contributed by atoms with Crippen molar-refractivity contribution in [3.05, 3.63) is 0 Å². The Kier molecular flexibility index (Phi) is 15.6. The van der Waals surface area contributed by atoms with Crippen molar-refractivity contribution in [1.82, 2.24) is 20.0 Å². The first-order valence-corrected chi connectivity index (χ1v) is 9.75. The zero-order valence-corrected chi connectivity index (χ0v) is 18.3. The van der Waals surface area contributed by atoms with E-state index in [9.17, 15) is 4.79 Å². The SMILES string of the molecule is C.C.COCCN(C)C1CN(C(=O)OC(C)(C)C)C1.COCCN(C)C1CNC1. The number of likely N-dealkylation sites (tertiary alicyclic amines) is 1. The smallest absolute Gasteiger partial charge is 0.410 e. The Labute approximate surface area is 179 Å². The van der Waals surface area contributed by atoms with Gasteiger partial charge in [0.1, 0.15) is 5.60 Å². The van der Waals surface area contributed by atoms with Crippen molar-refractivity contribution in [3.63, 3.8) is 0 Å². The van der Waals surface area contributed by atoms with Gasteiger partial charge in [0.15, 0.2) is 0 Å². The summed E-state index contributed by atoms with van der Waals surface area (Å²) in [5, 5.41) is 3.24. The van der Waals surface area contributed by atoms with Crippen molar-refractivity contribution in [3.8, 4) is 0 Å². The second-order valence-electron chi connectivity index (χ2n) is 8.30. The molecule has 0 bridgehead atoms. The summed E-state index contributed by atoms with van der Waals surface area (Å²) >= 11 is 0. The highest BCUT2D eigenvalue weighted by molar-refractivity contribution is 5.69. The maximum atomic E-state index is 11.7. The number of nitrogens with one attached hydrogen (secondary N) is 1. The third-order valence-corrected chi connectivity index (χ3v) is 4.82. The molecule has 8 nitrogen and oxygen atoms in total. The first kappa shape index (κ1) is 30.3. The lowest BCUT2D eigenvalue weighted by Crippen LogP contribution is -2.61. The predicted molar refractivity (Wildman–Crippen MR) is 121 cm³/mol. The van der Waals surface area contributed by atoms with Crippen LogP contribution in [0.15, 0.2) is 0 Å². The quantitative estimate of drug-likeness (QED) is 0.644. The Balaban J connectivity index is 0. The lowest BCUT2D eigenvalue weighted by atomic mass is 10.1. The number of amides is 1. The molecule has 1 N–H and O–H groups in total. The summed E-state index contributed by atoms with van der Waals surface area (Å²) in [7, 11) is 7.63. The molecule has 2 saturated heterocycles. The summed E-state index contributed by atoms with van der Waals surface area (Å²) in [6, 6.07) is 1.17. The fourth-order valence-electron chi connectivity index (χ4n) is 2.63. The van der Waals surface area contributed by atoms with Crippen molar-refractivity contribution in [1.29, 1.82) is 0 Å². The van der Waals surface area contributed by atoms with Gasteiger partial charge in [-0.05, 0) is 34.9 Å². The summed E-state index contributed by atoms with van der Waals surface area (Å²) in [6.07, 6.45) is -0.214. The van der Waals surface area contributed by atoms with Crippen molar-refractivity contribution < 1.29 is 19.0 Å². The Bertz CT molecular complexity index is 421. The van der Waals surface area contributed by atoms with Crippen molar-refractivity contribution in [2.75, 3.05) is 80.8 Å². The summed E-state index contributed by atoms with van der Waals surface area (Å²) < 4.78 is 15.3. The standard InChI is InChI=1S/C12H24N2O3.C7H16N2O.2CH4/c1-12(2,3)17-11(15)14-8-10(9-14)13(4)6-7-16-5;1-9(3-4-10-2)7-5-8-6-7;;/h10H,6-9H2,1-5H3;7-8H,3-6H2,1-2H3;2*1H4. The molecule has 0 aromatic carbocycles. The average Bonchev–Trinajstić information content (AvgIpc) is 2.46. The van der Waals surface area contributed by atoms with E-state index in [0.717, 1.165) is 58.5 Å². The van der Waals surface area contributed by atoms with Crippen LogP contribution in [0.4, 0.5) is 4.79 Å². The van der Waals surface area contributed by atoms with Crippen LogP contribution in [0.25, 0.3) is 0 Å². The largest absolute Gasteiger partial charge is 0.444 e. The predicted octanol–water partition coefficient (Wildman–Crippen LogP) is 1.99. The molecule has 29 heavy (non-hydrogen) atoms. The Morgan fingerprint density at radius 1 is 0.966 bits per heavy atom. The van der Waals surface area contributed by atoms with Crippen LogP contribution in [0.1, 0.15) is 35.6 Å². The molecular formula is C21H48N4O4. The van der Waals surface area contributed by atoms with E-state index in [0.29, 0.717) is 6.04 Å². The Morgan fingerprint density at radius 3 is 1.76 bits per heavy atom. The van der Waals surface area contributed by atoms with E-state index < -0.39 is 5.60 Å². The third kappa shape index (κ3) is 11.7. The molecule has 2 aliphatic rings. The van der Waals surface area contributed by atoms with E-state index in [1.165, 1.54) is 0 Å². The molecule has 0 aromatic rings. The van der Waals surface area contributed by atoms with Gasteiger partial charge in [0.05, 0.1) is 13.2 Å². The van der Waals surface area contributed by atoms with Gasteiger partial charge in [-0.15, -0.1) is 0 Å². The van der Waals surface area contributed by atoms with Crippen LogP contribution in [-0.2, 0) is 14.2 Å². The van der Waals surface area contributed by atoms with Gasteiger partial charge in [-0.2, -0.15) is 0 Å². The van der Waals surface area contributed by atoms with Gasteiger partial charge in [-0.1, -0.05) is 14.9 Å². The highest BCUT2D eigenvalue weighted by Crippen LogP contribution is 2.17. The molecule has 0 spiro atoms. The molecule has 0 radical (unpaired) electrons. The molecule has 8 heteroatoms. The van der Waals surface area contributed by atoms with Gasteiger partial charge in [0.2, 0.25) is 0 Å². The maximum Gasteiger partial charge on any atom is 0.410 e. The van der Waals surface area contributed by atoms with Crippen LogP contribution < -0.4 is 5.32 Å². The van der Waals surface area contributed by atoms with Gasteiger partial charge in [0, 0.05) is 65.6 Å². The second kappa shape index (κ2) is 15.0. The molecule has 2 fully saturated rings. The van der Waals surface area contributed by atoms with Crippen LogP contribution in [0, 0.1) is 0 Å². The number of rotatable bonds is 8. The van der Waals surface area contributed by atoms with Gasteiger partial charge < -0.3 is 24.4 Å². The second-order valence-corrected chi connectivity index (χ2v) is 8.30. The molecule has 1 amide bonds. The number of ether oxygens (including phenoxy) is 3. The van der Waals surface area contributed by atoms with Crippen molar-refractivity contribution in [2.45, 2.75) is 53.3 Å². The molecule has 0 aromatic heterocycles. The maximum absolute atomic E-state index is 11.7. The van der Waals surface area contributed by atoms with Crippen molar-refractivity contribution in [2.24, 2.45) is 0 Å². The van der Waals surface area contributed by atoms with Crippen molar-refractivity contribution >= 4 is 6.09 Å². The number of hydrogen-bond acceptors (Lipinski definition) is 7. The fourth-order valence-corrected chi connectivity index (χ4v) is 2.63. The number of hydrogen-bond donors (Lipinski definition) is 1. The lowest BCUT2D eigenvalue weighted by Gasteiger charge is -2.44. The van der Waals surface area contributed by atoms with Gasteiger partial charge in [-0.3, -0.25) is 9.80 Å². The lowest BCUT2D eigenvalue weighted by molar-refractivity contribution is -0.0136. The molecule has 2 aliphatic heterocycles. The third-order valence-electron chi connectivity index (χ3n) is 4.82. The van der Waals surface area contributed by atoms with E-state index >= 15 is 0 Å². The topological polar surface area (TPSA) is 66.5 Å². The summed E-state index contributed by atoms with van der Waals surface area (Å²) in [5.41, 5.74) is -0.413. The number of nitrogens with zero attached hydrogens (tertiary/aromatic N) is 3. The number of carbonyl (C=O) groups is 1. The van der Waals surface area contributed by atoms with E-state index in [1.54, 1.807) is 19.1 Å². The minimum atomic E-state index is -0.413. The summed E-state index contributed by atoms with van der Waals surface area (Å²) in [6.45, 7) is 12.9. The molecule has 2 heterocycles. The van der Waals surface area contributed by atoms with Crippen LogP contribution in [-0.4, -0.2) is 119 Å². The van der Waals surface area contributed by atoms with Crippen LogP contribution in [0.2, 0.25) is 0 Å². The molecule has 0 saturated carbocycles. The highest BCUT2D eigenvalue weighted by atomic mass is 16.6. The van der Waals surface area contributed by atoms with Gasteiger partial charge in [-0.25, -0.2) is 4.79 Å². The normalized spacial score (nSPS) is 16.8. The van der Waals surface area contributed by atoms with E-state index in [1.807, 2.05) is 20.8 Å². The minimum absolute atomic E-state index is 0. The molecule has 176 valence electrons. The monoisotopic (exact) mass is 420 g/mol. The van der Waals surface area contributed by atoms with Crippen LogP contribution in [0.5, 0.6) is 0 Å². The molecular weight excluding hydrogens is 372 g/mol. The molecule has 0 atom stereocenters. The van der Waals surface area contributed by atoms with E-state index in [2.05, 4.69) is 29.2 Å². The molecule has 0 aliphatic carbocycles. The first-order valence-electron chi connectivity index (χ1n) is 9.75. The van der Waals surface area contributed by atoms with Crippen LogP contribution >= 0.6 is 0 Å². The van der Waals surface area contributed by atoms with E-state index in [-0.39, 0.29) is 20.9 Å². The van der Waals surface area contributed by atoms with Crippen LogP contribution in [0.3, 0.4) is 0 Å². The Morgan fingerprint density at radius 2 is 1.41 bits per heavy atom. The zero-order valence-electron chi connectivity index (χ0n) is 18.3. The minimum Gasteiger partial charge on any atom is -0.444 e. The average molecular weight is 421 g/mol. The molecule has 2 rings (SSSR count). The fraction of sp³-hybridized carbons (Fsp3) is 0.952.